The van der Waals surface area contributed by atoms with Gasteiger partial charge in [0.05, 0.1) is 11.4 Å². The first kappa shape index (κ1) is 27.9. The molecule has 0 bridgehead atoms. The lowest BCUT2D eigenvalue weighted by molar-refractivity contribution is 0.173. The summed E-state index contributed by atoms with van der Waals surface area (Å²) in [5.74, 6) is 5.20. The highest BCUT2D eigenvalue weighted by molar-refractivity contribution is 7.99. The van der Waals surface area contributed by atoms with Crippen LogP contribution in [0.5, 0.6) is 11.5 Å². The summed E-state index contributed by atoms with van der Waals surface area (Å²) in [7, 11) is 0. The molecule has 0 aliphatic carbocycles. The van der Waals surface area contributed by atoms with Crippen LogP contribution in [0.3, 0.4) is 0 Å². The van der Waals surface area contributed by atoms with Crippen LogP contribution in [0.15, 0.2) is 78.9 Å². The number of hydrogen-bond acceptors (Lipinski definition) is 6. The van der Waals surface area contributed by atoms with Crippen molar-refractivity contribution in [1.82, 2.24) is 19.4 Å². The first-order chi connectivity index (χ1) is 20.3. The van der Waals surface area contributed by atoms with Gasteiger partial charge in [0.1, 0.15) is 5.82 Å². The standard InChI is InChI=1S/C34H40N4O2S/c1-2-3-16-38-30(33(28-10-6-4-7-11-28)35-34(38)29-12-8-5-9-13-29)25-37(18-17-36-19-21-41-22-20-36)24-27-14-15-31-32(23-27)40-26-39-31/h4-15,23H,2-3,16-22,24-26H2,1H3. The van der Waals surface area contributed by atoms with E-state index in [1.807, 2.05) is 6.07 Å². The summed E-state index contributed by atoms with van der Waals surface area (Å²) >= 11 is 2.07. The smallest absolute Gasteiger partial charge is 0.231 e. The number of hydrogen-bond donors (Lipinski definition) is 0. The van der Waals surface area contributed by atoms with Crippen LogP contribution in [0.1, 0.15) is 31.0 Å². The predicted octanol–water partition coefficient (Wildman–Crippen LogP) is 6.80. The molecule has 0 unspecified atom stereocenters. The molecule has 6 nitrogen and oxygen atoms in total. The zero-order valence-electron chi connectivity index (χ0n) is 24.0. The number of rotatable bonds is 12. The van der Waals surface area contributed by atoms with Gasteiger partial charge in [-0.3, -0.25) is 4.90 Å². The van der Waals surface area contributed by atoms with E-state index in [2.05, 4.69) is 106 Å². The molecule has 3 aromatic carbocycles. The third kappa shape index (κ3) is 6.80. The molecule has 2 aliphatic rings. The van der Waals surface area contributed by atoms with Gasteiger partial charge in [-0.15, -0.1) is 0 Å². The number of nitrogens with zero attached hydrogens (tertiary/aromatic N) is 4. The van der Waals surface area contributed by atoms with Gasteiger partial charge < -0.3 is 18.9 Å². The molecule has 0 amide bonds. The van der Waals surface area contributed by atoms with Crippen molar-refractivity contribution in [3.8, 4) is 34.1 Å². The average molecular weight is 569 g/mol. The molecule has 3 heterocycles. The normalized spacial score (nSPS) is 15.1. The summed E-state index contributed by atoms with van der Waals surface area (Å²) in [6.07, 6.45) is 2.26. The van der Waals surface area contributed by atoms with Crippen LogP contribution in [0.25, 0.3) is 22.6 Å². The van der Waals surface area contributed by atoms with E-state index >= 15 is 0 Å². The van der Waals surface area contributed by atoms with E-state index in [-0.39, 0.29) is 0 Å². The first-order valence-electron chi connectivity index (χ1n) is 14.9. The number of unbranched alkanes of at least 4 members (excludes halogenated alkanes) is 1. The maximum Gasteiger partial charge on any atom is 0.231 e. The van der Waals surface area contributed by atoms with E-state index in [1.165, 1.54) is 47.0 Å². The van der Waals surface area contributed by atoms with Crippen molar-refractivity contribution in [3.05, 3.63) is 90.1 Å². The molecular weight excluding hydrogens is 528 g/mol. The molecule has 1 saturated heterocycles. The Balaban J connectivity index is 1.37. The molecule has 0 spiro atoms. The van der Waals surface area contributed by atoms with Crippen molar-refractivity contribution in [1.29, 1.82) is 0 Å². The molecular formula is C34H40N4O2S. The fourth-order valence-electron chi connectivity index (χ4n) is 5.67. The van der Waals surface area contributed by atoms with Crippen molar-refractivity contribution in [2.75, 3.05) is 44.5 Å². The number of aromatic nitrogens is 2. The Morgan fingerprint density at radius 2 is 1.56 bits per heavy atom. The number of fused-ring (bicyclic) bond motifs is 1. The fraction of sp³-hybridized carbons (Fsp3) is 0.382. The average Bonchev–Trinajstić information content (AvgIpc) is 3.64. The second kappa shape index (κ2) is 13.6. The summed E-state index contributed by atoms with van der Waals surface area (Å²) in [6, 6.07) is 27.7. The minimum absolute atomic E-state index is 0.300. The van der Waals surface area contributed by atoms with Gasteiger partial charge in [-0.1, -0.05) is 80.1 Å². The largest absolute Gasteiger partial charge is 0.454 e. The minimum atomic E-state index is 0.300. The third-order valence-electron chi connectivity index (χ3n) is 7.94. The Hall–Kier alpha value is -3.26. The monoisotopic (exact) mass is 568 g/mol. The number of ether oxygens (including phenoxy) is 2. The third-order valence-corrected chi connectivity index (χ3v) is 8.88. The Labute approximate surface area is 248 Å². The zero-order chi connectivity index (χ0) is 27.9. The van der Waals surface area contributed by atoms with Gasteiger partial charge in [0.15, 0.2) is 11.5 Å². The minimum Gasteiger partial charge on any atom is -0.454 e. The van der Waals surface area contributed by atoms with Crippen molar-refractivity contribution in [2.45, 2.75) is 39.4 Å². The van der Waals surface area contributed by atoms with E-state index in [0.717, 1.165) is 68.6 Å². The summed E-state index contributed by atoms with van der Waals surface area (Å²) < 4.78 is 13.8. The lowest BCUT2D eigenvalue weighted by Gasteiger charge is -2.30. The van der Waals surface area contributed by atoms with Gasteiger partial charge in [-0.2, -0.15) is 11.8 Å². The highest BCUT2D eigenvalue weighted by Crippen LogP contribution is 2.34. The molecule has 7 heteroatoms. The molecule has 214 valence electrons. The Bertz CT molecular complexity index is 1400. The molecule has 0 saturated carbocycles. The lowest BCUT2D eigenvalue weighted by atomic mass is 10.1. The Morgan fingerprint density at radius 1 is 0.829 bits per heavy atom. The van der Waals surface area contributed by atoms with Gasteiger partial charge in [-0.25, -0.2) is 4.98 Å². The number of benzene rings is 3. The Kier molecular flexibility index (Phi) is 9.25. The van der Waals surface area contributed by atoms with E-state index in [1.54, 1.807) is 0 Å². The number of thioether (sulfide) groups is 1. The quantitative estimate of drug-likeness (QED) is 0.187. The molecule has 4 aromatic rings. The SMILES string of the molecule is CCCCn1c(-c2ccccc2)nc(-c2ccccc2)c1CN(CCN1CCSCC1)Cc1ccc2c(c1)OCO2. The van der Waals surface area contributed by atoms with Crippen molar-refractivity contribution < 1.29 is 9.47 Å². The summed E-state index contributed by atoms with van der Waals surface area (Å²) in [6.45, 7) is 9.59. The number of imidazole rings is 1. The molecule has 1 fully saturated rings. The summed E-state index contributed by atoms with van der Waals surface area (Å²) in [4.78, 5) is 10.6. The molecule has 0 atom stereocenters. The van der Waals surface area contributed by atoms with Gasteiger partial charge in [-0.05, 0) is 24.1 Å². The van der Waals surface area contributed by atoms with Crippen LogP contribution in [0.2, 0.25) is 0 Å². The van der Waals surface area contributed by atoms with Crippen LogP contribution in [0.4, 0.5) is 0 Å². The van der Waals surface area contributed by atoms with Gasteiger partial charge >= 0.3 is 0 Å². The van der Waals surface area contributed by atoms with Gasteiger partial charge in [0.25, 0.3) is 0 Å². The fourth-order valence-corrected chi connectivity index (χ4v) is 6.65. The lowest BCUT2D eigenvalue weighted by Crippen LogP contribution is -2.39. The van der Waals surface area contributed by atoms with Crippen LogP contribution >= 0.6 is 11.8 Å². The molecule has 0 radical (unpaired) electrons. The van der Waals surface area contributed by atoms with E-state index in [4.69, 9.17) is 14.5 Å². The summed E-state index contributed by atoms with van der Waals surface area (Å²) in [5.41, 5.74) is 5.96. The zero-order valence-corrected chi connectivity index (χ0v) is 24.8. The van der Waals surface area contributed by atoms with Crippen LogP contribution < -0.4 is 9.47 Å². The second-order valence-electron chi connectivity index (χ2n) is 10.8. The molecule has 6 rings (SSSR count). The summed E-state index contributed by atoms with van der Waals surface area (Å²) in [5, 5.41) is 0. The van der Waals surface area contributed by atoms with Crippen molar-refractivity contribution in [3.63, 3.8) is 0 Å². The van der Waals surface area contributed by atoms with E-state index in [9.17, 15) is 0 Å². The topological polar surface area (TPSA) is 42.8 Å². The first-order valence-corrected chi connectivity index (χ1v) is 16.0. The van der Waals surface area contributed by atoms with Crippen LogP contribution in [-0.4, -0.2) is 63.8 Å². The highest BCUT2D eigenvalue weighted by atomic mass is 32.2. The predicted molar refractivity (Wildman–Crippen MR) is 168 cm³/mol. The molecule has 1 aromatic heterocycles. The maximum absolute atomic E-state index is 5.72. The molecule has 2 aliphatic heterocycles. The van der Waals surface area contributed by atoms with Crippen LogP contribution in [0, 0.1) is 0 Å². The molecule has 0 N–H and O–H groups in total. The van der Waals surface area contributed by atoms with Crippen LogP contribution in [-0.2, 0) is 19.6 Å². The van der Waals surface area contributed by atoms with E-state index < -0.39 is 0 Å². The maximum atomic E-state index is 5.72. The second-order valence-corrected chi connectivity index (χ2v) is 12.0. The van der Waals surface area contributed by atoms with Crippen molar-refractivity contribution >= 4 is 11.8 Å². The van der Waals surface area contributed by atoms with E-state index in [0.29, 0.717) is 6.79 Å². The van der Waals surface area contributed by atoms with Gasteiger partial charge in [0.2, 0.25) is 6.79 Å². The molecule has 41 heavy (non-hydrogen) atoms. The van der Waals surface area contributed by atoms with Gasteiger partial charge in [0, 0.05) is 68.4 Å². The highest BCUT2D eigenvalue weighted by Gasteiger charge is 2.23. The van der Waals surface area contributed by atoms with Crippen molar-refractivity contribution in [2.24, 2.45) is 0 Å². The Morgan fingerprint density at radius 3 is 2.32 bits per heavy atom.